The number of halogens is 2. The monoisotopic (exact) mass is 500 g/mol. The molecule has 0 unspecified atom stereocenters. The van der Waals surface area contributed by atoms with Crippen molar-refractivity contribution in [2.75, 3.05) is 11.9 Å². The number of thioether (sulfide) groups is 1. The average Bonchev–Trinajstić information content (AvgIpc) is 3.33. The highest BCUT2D eigenvalue weighted by molar-refractivity contribution is 8.18. The minimum Gasteiger partial charge on any atom is -0.457 e. The molecule has 0 bridgehead atoms. The predicted octanol–water partition coefficient (Wildman–Crippen LogP) is 6.55. The number of nitrogens with zero attached hydrogens (tertiary/aromatic N) is 1. The molecule has 168 valence electrons. The van der Waals surface area contributed by atoms with Gasteiger partial charge in [0.25, 0.3) is 11.1 Å². The number of benzene rings is 2. The molecule has 0 radical (unpaired) electrons. The van der Waals surface area contributed by atoms with E-state index in [9.17, 15) is 14.4 Å². The SMILES string of the molecule is Cc1cccc(NC(=O)CN2C(=O)S/C(=C/c3ccc(-c4cc(Cl)ccc4Cl)o3)C2=O)c1C. The van der Waals surface area contributed by atoms with Gasteiger partial charge < -0.3 is 9.73 Å². The molecule has 6 nitrogen and oxygen atoms in total. The summed E-state index contributed by atoms with van der Waals surface area (Å²) in [5.41, 5.74) is 3.21. The van der Waals surface area contributed by atoms with E-state index in [-0.39, 0.29) is 11.4 Å². The minimum absolute atomic E-state index is 0.164. The van der Waals surface area contributed by atoms with E-state index in [1.807, 2.05) is 26.0 Å². The zero-order valence-corrected chi connectivity index (χ0v) is 20.0. The number of carbonyl (C=O) groups excluding carboxylic acids is 3. The van der Waals surface area contributed by atoms with Crippen molar-refractivity contribution in [1.82, 2.24) is 4.90 Å². The van der Waals surface area contributed by atoms with Gasteiger partial charge in [0.2, 0.25) is 5.91 Å². The Morgan fingerprint density at radius 2 is 1.91 bits per heavy atom. The van der Waals surface area contributed by atoms with E-state index in [0.717, 1.165) is 27.8 Å². The summed E-state index contributed by atoms with van der Waals surface area (Å²) in [7, 11) is 0. The average molecular weight is 501 g/mol. The van der Waals surface area contributed by atoms with Gasteiger partial charge >= 0.3 is 0 Å². The molecular weight excluding hydrogens is 483 g/mol. The molecule has 2 aromatic carbocycles. The van der Waals surface area contributed by atoms with Gasteiger partial charge in [0.05, 0.1) is 9.93 Å². The summed E-state index contributed by atoms with van der Waals surface area (Å²) in [5.74, 6) is -0.171. The van der Waals surface area contributed by atoms with Crippen molar-refractivity contribution in [1.29, 1.82) is 0 Å². The topological polar surface area (TPSA) is 79.6 Å². The Bertz CT molecular complexity index is 1320. The number of furan rings is 1. The molecule has 3 amide bonds. The van der Waals surface area contributed by atoms with Gasteiger partial charge in [0, 0.05) is 22.3 Å². The van der Waals surface area contributed by atoms with Crippen LogP contribution in [0.5, 0.6) is 0 Å². The largest absolute Gasteiger partial charge is 0.457 e. The van der Waals surface area contributed by atoms with Crippen LogP contribution < -0.4 is 5.32 Å². The van der Waals surface area contributed by atoms with Crippen molar-refractivity contribution in [3.63, 3.8) is 0 Å². The van der Waals surface area contributed by atoms with Gasteiger partial charge in [-0.2, -0.15) is 0 Å². The molecule has 1 aliphatic rings. The number of imide groups is 1. The van der Waals surface area contributed by atoms with E-state index >= 15 is 0 Å². The quantitative estimate of drug-likeness (QED) is 0.402. The molecule has 0 aliphatic carbocycles. The minimum atomic E-state index is -0.556. The summed E-state index contributed by atoms with van der Waals surface area (Å²) in [6.45, 7) is 3.45. The molecule has 2 heterocycles. The highest BCUT2D eigenvalue weighted by Gasteiger charge is 2.36. The van der Waals surface area contributed by atoms with Gasteiger partial charge in [-0.3, -0.25) is 19.3 Å². The summed E-state index contributed by atoms with van der Waals surface area (Å²) in [4.78, 5) is 38.7. The maximum absolute atomic E-state index is 12.8. The Morgan fingerprint density at radius 3 is 2.70 bits per heavy atom. The van der Waals surface area contributed by atoms with Crippen LogP contribution in [0.2, 0.25) is 10.0 Å². The molecule has 9 heteroatoms. The second kappa shape index (κ2) is 9.47. The Hall–Kier alpha value is -3.00. The molecule has 4 rings (SSSR count). The predicted molar refractivity (Wildman–Crippen MR) is 131 cm³/mol. The Kier molecular flexibility index (Phi) is 6.65. The zero-order chi connectivity index (χ0) is 23.7. The first kappa shape index (κ1) is 23.2. The Labute approximate surface area is 204 Å². The lowest BCUT2D eigenvalue weighted by Crippen LogP contribution is -2.36. The van der Waals surface area contributed by atoms with Gasteiger partial charge in [-0.25, -0.2) is 0 Å². The van der Waals surface area contributed by atoms with Crippen LogP contribution in [0.25, 0.3) is 17.4 Å². The molecule has 1 aromatic heterocycles. The molecule has 1 fully saturated rings. The van der Waals surface area contributed by atoms with Crippen LogP contribution in [-0.2, 0) is 9.59 Å². The molecule has 1 aliphatic heterocycles. The van der Waals surface area contributed by atoms with Crippen LogP contribution in [0.3, 0.4) is 0 Å². The molecular formula is C24H18Cl2N2O4S. The van der Waals surface area contributed by atoms with Gasteiger partial charge in [-0.1, -0.05) is 35.3 Å². The summed E-state index contributed by atoms with van der Waals surface area (Å²) in [6, 6.07) is 13.9. The summed E-state index contributed by atoms with van der Waals surface area (Å²) in [6.07, 6.45) is 1.47. The molecule has 0 spiro atoms. The van der Waals surface area contributed by atoms with E-state index in [1.165, 1.54) is 6.08 Å². The number of anilines is 1. The number of nitrogens with one attached hydrogen (secondary N) is 1. The maximum Gasteiger partial charge on any atom is 0.294 e. The van der Waals surface area contributed by atoms with E-state index in [4.69, 9.17) is 27.6 Å². The van der Waals surface area contributed by atoms with Gasteiger partial charge in [-0.05, 0) is 73.1 Å². The fraction of sp³-hybridized carbons (Fsp3) is 0.125. The fourth-order valence-electron chi connectivity index (χ4n) is 3.25. The highest BCUT2D eigenvalue weighted by Crippen LogP contribution is 2.35. The second-order valence-corrected chi connectivity index (χ2v) is 9.23. The van der Waals surface area contributed by atoms with E-state index in [2.05, 4.69) is 5.32 Å². The van der Waals surface area contributed by atoms with Crippen LogP contribution in [0.4, 0.5) is 10.5 Å². The van der Waals surface area contributed by atoms with E-state index in [1.54, 1.807) is 36.4 Å². The van der Waals surface area contributed by atoms with Gasteiger partial charge in [0.15, 0.2) is 0 Å². The van der Waals surface area contributed by atoms with Crippen molar-refractivity contribution in [3.05, 3.63) is 80.4 Å². The molecule has 0 atom stereocenters. The molecule has 1 saturated heterocycles. The van der Waals surface area contributed by atoms with Crippen molar-refractivity contribution < 1.29 is 18.8 Å². The number of carbonyl (C=O) groups is 3. The molecule has 0 saturated carbocycles. The lowest BCUT2D eigenvalue weighted by Gasteiger charge is -2.14. The van der Waals surface area contributed by atoms with E-state index in [0.29, 0.717) is 32.8 Å². The van der Waals surface area contributed by atoms with Crippen LogP contribution in [0, 0.1) is 13.8 Å². The number of hydrogen-bond donors (Lipinski definition) is 1. The lowest BCUT2D eigenvalue weighted by molar-refractivity contribution is -0.127. The van der Waals surface area contributed by atoms with Crippen LogP contribution in [0.15, 0.2) is 57.9 Å². The molecule has 33 heavy (non-hydrogen) atoms. The number of hydrogen-bond acceptors (Lipinski definition) is 5. The summed E-state index contributed by atoms with van der Waals surface area (Å²) < 4.78 is 5.78. The fourth-order valence-corrected chi connectivity index (χ4v) is 4.45. The first-order valence-electron chi connectivity index (χ1n) is 9.89. The summed E-state index contributed by atoms with van der Waals surface area (Å²) in [5, 5.41) is 3.21. The molecule has 1 N–H and O–H groups in total. The normalized spacial score (nSPS) is 14.9. The number of rotatable bonds is 5. The van der Waals surface area contributed by atoms with Gasteiger partial charge in [-0.15, -0.1) is 0 Å². The van der Waals surface area contributed by atoms with Crippen molar-refractivity contribution in [2.24, 2.45) is 0 Å². The van der Waals surface area contributed by atoms with E-state index < -0.39 is 17.1 Å². The first-order valence-corrected chi connectivity index (χ1v) is 11.5. The third-order valence-electron chi connectivity index (χ3n) is 5.15. The highest BCUT2D eigenvalue weighted by atomic mass is 35.5. The number of amides is 3. The van der Waals surface area contributed by atoms with Crippen LogP contribution in [-0.4, -0.2) is 28.5 Å². The van der Waals surface area contributed by atoms with Crippen molar-refractivity contribution in [3.8, 4) is 11.3 Å². The third-order valence-corrected chi connectivity index (χ3v) is 6.62. The zero-order valence-electron chi connectivity index (χ0n) is 17.6. The third kappa shape index (κ3) is 5.00. The van der Waals surface area contributed by atoms with Crippen LogP contribution in [0.1, 0.15) is 16.9 Å². The van der Waals surface area contributed by atoms with Crippen molar-refractivity contribution >= 4 is 63.8 Å². The first-order chi connectivity index (χ1) is 15.7. The smallest absolute Gasteiger partial charge is 0.294 e. The standard InChI is InChI=1S/C24H18Cl2N2O4S/c1-13-4-3-5-19(14(13)2)27-22(29)12-28-23(30)21(33-24(28)31)11-16-7-9-20(32-16)17-10-15(25)6-8-18(17)26/h3-11H,12H2,1-2H3,(H,27,29)/b21-11+. The number of aryl methyl sites for hydroxylation is 1. The molecule has 3 aromatic rings. The van der Waals surface area contributed by atoms with Crippen LogP contribution >= 0.6 is 35.0 Å². The van der Waals surface area contributed by atoms with Gasteiger partial charge in [0.1, 0.15) is 18.1 Å². The maximum atomic E-state index is 12.8. The summed E-state index contributed by atoms with van der Waals surface area (Å²) >= 11 is 13.0. The van der Waals surface area contributed by atoms with Crippen molar-refractivity contribution in [2.45, 2.75) is 13.8 Å². The Balaban J connectivity index is 1.48. The Morgan fingerprint density at radius 1 is 1.12 bits per heavy atom. The second-order valence-electron chi connectivity index (χ2n) is 7.39. The lowest BCUT2D eigenvalue weighted by atomic mass is 10.1.